The summed E-state index contributed by atoms with van der Waals surface area (Å²) in [4.78, 5) is 29.3. The number of furan rings is 1. The molecule has 4 rings (SSSR count). The Kier molecular flexibility index (Phi) is 5.22. The van der Waals surface area contributed by atoms with Crippen LogP contribution >= 0.6 is 11.3 Å². The molecule has 0 spiro atoms. The molecule has 6 nitrogen and oxygen atoms in total. The highest BCUT2D eigenvalue weighted by Crippen LogP contribution is 2.34. The number of nitrogens with zero attached hydrogens (tertiary/aromatic N) is 1. The topological polar surface area (TPSA) is 84.2 Å². The lowest BCUT2D eigenvalue weighted by atomic mass is 10.1. The van der Waals surface area contributed by atoms with E-state index in [2.05, 4.69) is 15.6 Å². The molecule has 0 aliphatic heterocycles. The van der Waals surface area contributed by atoms with Crippen LogP contribution in [0.1, 0.15) is 16.6 Å². The number of rotatable bonds is 5. The Morgan fingerprint density at radius 1 is 0.897 bits per heavy atom. The molecule has 0 atom stereocenters. The third kappa shape index (κ3) is 4.25. The first-order valence-corrected chi connectivity index (χ1v) is 9.71. The molecule has 4 aromatic rings. The van der Waals surface area contributed by atoms with Gasteiger partial charge in [-0.15, -0.1) is 11.3 Å². The van der Waals surface area contributed by atoms with E-state index < -0.39 is 0 Å². The van der Waals surface area contributed by atoms with Gasteiger partial charge in [-0.05, 0) is 36.4 Å². The zero-order chi connectivity index (χ0) is 20.2. The van der Waals surface area contributed by atoms with Gasteiger partial charge in [0.25, 0.3) is 5.91 Å². The monoisotopic (exact) mass is 403 g/mol. The van der Waals surface area contributed by atoms with Gasteiger partial charge in [-0.25, -0.2) is 4.98 Å². The molecule has 2 aromatic heterocycles. The minimum Gasteiger partial charge on any atom is -0.462 e. The van der Waals surface area contributed by atoms with E-state index in [0.717, 1.165) is 5.56 Å². The van der Waals surface area contributed by atoms with Gasteiger partial charge in [-0.3, -0.25) is 9.59 Å². The second-order valence-electron chi connectivity index (χ2n) is 6.25. The van der Waals surface area contributed by atoms with Gasteiger partial charge in [-0.2, -0.15) is 0 Å². The van der Waals surface area contributed by atoms with Crippen molar-refractivity contribution in [3.63, 3.8) is 0 Å². The molecule has 144 valence electrons. The van der Waals surface area contributed by atoms with Crippen molar-refractivity contribution in [3.05, 3.63) is 77.9 Å². The highest BCUT2D eigenvalue weighted by atomic mass is 32.1. The fourth-order valence-electron chi connectivity index (χ4n) is 2.80. The van der Waals surface area contributed by atoms with Gasteiger partial charge in [0.1, 0.15) is 4.88 Å². The van der Waals surface area contributed by atoms with Crippen molar-refractivity contribution in [2.75, 3.05) is 10.6 Å². The second kappa shape index (κ2) is 8.12. The van der Waals surface area contributed by atoms with Crippen molar-refractivity contribution in [1.82, 2.24) is 4.98 Å². The number of nitrogens with one attached hydrogen (secondary N) is 2. The normalized spacial score (nSPS) is 10.5. The molecule has 7 heteroatoms. The molecular weight excluding hydrogens is 386 g/mol. The summed E-state index contributed by atoms with van der Waals surface area (Å²) in [5, 5.41) is 6.23. The predicted octanol–water partition coefficient (Wildman–Crippen LogP) is 5.28. The summed E-state index contributed by atoms with van der Waals surface area (Å²) in [5.74, 6) is 0.210. The Hall–Kier alpha value is -3.71. The van der Waals surface area contributed by atoms with Crippen LogP contribution in [0.15, 0.2) is 77.4 Å². The lowest BCUT2D eigenvalue weighted by Crippen LogP contribution is -2.11. The van der Waals surface area contributed by atoms with E-state index in [9.17, 15) is 9.59 Å². The number of carbonyl (C=O) groups is 2. The quantitative estimate of drug-likeness (QED) is 0.475. The van der Waals surface area contributed by atoms with Crippen LogP contribution in [0.3, 0.4) is 0 Å². The number of amides is 2. The molecule has 0 aliphatic carbocycles. The SMILES string of the molecule is CC(=O)Nc1ccc(NC(=O)c2sc(-c3ccco3)nc2-c2ccccc2)cc1. The maximum atomic E-state index is 13.0. The van der Waals surface area contributed by atoms with Gasteiger partial charge in [0, 0.05) is 23.9 Å². The van der Waals surface area contributed by atoms with Gasteiger partial charge in [0.15, 0.2) is 10.8 Å². The van der Waals surface area contributed by atoms with Gasteiger partial charge in [0.05, 0.1) is 12.0 Å². The van der Waals surface area contributed by atoms with Crippen molar-refractivity contribution in [2.24, 2.45) is 0 Å². The molecule has 2 aromatic carbocycles. The molecule has 29 heavy (non-hydrogen) atoms. The lowest BCUT2D eigenvalue weighted by molar-refractivity contribution is -0.114. The van der Waals surface area contributed by atoms with Crippen LogP contribution in [0.2, 0.25) is 0 Å². The molecule has 2 N–H and O–H groups in total. The summed E-state index contributed by atoms with van der Waals surface area (Å²) in [6.45, 7) is 1.45. The van der Waals surface area contributed by atoms with Crippen LogP contribution in [0, 0.1) is 0 Å². The first-order valence-electron chi connectivity index (χ1n) is 8.89. The third-order valence-corrected chi connectivity index (χ3v) is 5.14. The molecular formula is C22H17N3O3S. The summed E-state index contributed by atoms with van der Waals surface area (Å²) in [5.41, 5.74) is 2.75. The Morgan fingerprint density at radius 2 is 1.59 bits per heavy atom. The number of anilines is 2. The van der Waals surface area contributed by atoms with Crippen molar-refractivity contribution in [2.45, 2.75) is 6.92 Å². The van der Waals surface area contributed by atoms with Gasteiger partial charge < -0.3 is 15.1 Å². The average molecular weight is 403 g/mol. The standard InChI is InChI=1S/C22H17N3O3S/c1-14(26)23-16-9-11-17(12-10-16)24-21(27)20-19(15-6-3-2-4-7-15)25-22(29-20)18-8-5-13-28-18/h2-13H,1H3,(H,23,26)(H,24,27). The minimum atomic E-state index is -0.258. The number of carbonyl (C=O) groups excluding carboxylic acids is 2. The summed E-state index contributed by atoms with van der Waals surface area (Å²) in [7, 11) is 0. The van der Waals surface area contributed by atoms with Crippen molar-refractivity contribution in [1.29, 1.82) is 0 Å². The van der Waals surface area contributed by atoms with E-state index >= 15 is 0 Å². The van der Waals surface area contributed by atoms with Crippen LogP contribution in [-0.2, 0) is 4.79 Å². The molecule has 0 bridgehead atoms. The fourth-order valence-corrected chi connectivity index (χ4v) is 3.75. The smallest absolute Gasteiger partial charge is 0.268 e. The molecule has 0 saturated heterocycles. The van der Waals surface area contributed by atoms with E-state index in [4.69, 9.17) is 4.42 Å². The van der Waals surface area contributed by atoms with E-state index in [1.165, 1.54) is 18.3 Å². The second-order valence-corrected chi connectivity index (χ2v) is 7.25. The van der Waals surface area contributed by atoms with E-state index in [-0.39, 0.29) is 11.8 Å². The zero-order valence-electron chi connectivity index (χ0n) is 15.5. The van der Waals surface area contributed by atoms with Crippen LogP contribution in [-0.4, -0.2) is 16.8 Å². The predicted molar refractivity (Wildman–Crippen MR) is 114 cm³/mol. The highest BCUT2D eigenvalue weighted by Gasteiger charge is 2.21. The maximum absolute atomic E-state index is 13.0. The van der Waals surface area contributed by atoms with Crippen molar-refractivity contribution >= 4 is 34.5 Å². The summed E-state index contributed by atoms with van der Waals surface area (Å²) in [6, 6.07) is 20.1. The number of thiazole rings is 1. The lowest BCUT2D eigenvalue weighted by Gasteiger charge is -2.07. The molecule has 0 aliphatic rings. The molecule has 0 unspecified atom stereocenters. The minimum absolute atomic E-state index is 0.149. The molecule has 0 radical (unpaired) electrons. The summed E-state index contributed by atoms with van der Waals surface area (Å²) in [6.07, 6.45) is 1.58. The first kappa shape index (κ1) is 18.6. The van der Waals surface area contributed by atoms with E-state index in [0.29, 0.717) is 32.7 Å². The Bertz CT molecular complexity index is 1130. The largest absolute Gasteiger partial charge is 0.462 e. The molecule has 2 amide bonds. The van der Waals surface area contributed by atoms with Gasteiger partial charge in [0.2, 0.25) is 5.91 Å². The Balaban J connectivity index is 1.64. The highest BCUT2D eigenvalue weighted by molar-refractivity contribution is 7.17. The fraction of sp³-hybridized carbons (Fsp3) is 0.0455. The van der Waals surface area contributed by atoms with E-state index in [1.807, 2.05) is 36.4 Å². The number of hydrogen-bond donors (Lipinski definition) is 2. The molecule has 0 fully saturated rings. The number of hydrogen-bond acceptors (Lipinski definition) is 5. The maximum Gasteiger partial charge on any atom is 0.268 e. The summed E-state index contributed by atoms with van der Waals surface area (Å²) < 4.78 is 5.45. The Morgan fingerprint density at radius 3 is 2.21 bits per heavy atom. The molecule has 0 saturated carbocycles. The van der Waals surface area contributed by atoms with Crippen molar-refractivity contribution in [3.8, 4) is 22.0 Å². The average Bonchev–Trinajstić information content (AvgIpc) is 3.39. The van der Waals surface area contributed by atoms with E-state index in [1.54, 1.807) is 36.6 Å². The third-order valence-electron chi connectivity index (χ3n) is 4.08. The molecule has 2 heterocycles. The van der Waals surface area contributed by atoms with Crippen LogP contribution in [0.25, 0.3) is 22.0 Å². The number of aromatic nitrogens is 1. The van der Waals surface area contributed by atoms with Crippen LogP contribution in [0.5, 0.6) is 0 Å². The van der Waals surface area contributed by atoms with Crippen molar-refractivity contribution < 1.29 is 14.0 Å². The Labute approximate surface area is 171 Å². The van der Waals surface area contributed by atoms with Crippen LogP contribution < -0.4 is 10.6 Å². The zero-order valence-corrected chi connectivity index (χ0v) is 16.3. The van der Waals surface area contributed by atoms with Gasteiger partial charge >= 0.3 is 0 Å². The number of benzene rings is 2. The summed E-state index contributed by atoms with van der Waals surface area (Å²) >= 11 is 1.28. The van der Waals surface area contributed by atoms with Gasteiger partial charge in [-0.1, -0.05) is 30.3 Å². The van der Waals surface area contributed by atoms with Crippen LogP contribution in [0.4, 0.5) is 11.4 Å². The first-order chi connectivity index (χ1) is 14.1.